The molecule has 0 aromatic carbocycles. The summed E-state index contributed by atoms with van der Waals surface area (Å²) in [5, 5.41) is 0. The van der Waals surface area contributed by atoms with E-state index in [1.54, 1.807) is 18.3 Å². The van der Waals surface area contributed by atoms with Gasteiger partial charge in [-0.2, -0.15) is 0 Å². The van der Waals surface area contributed by atoms with Crippen molar-refractivity contribution in [1.82, 2.24) is 4.98 Å². The Hall–Kier alpha value is -1.91. The average Bonchev–Trinajstić information content (AvgIpc) is 2.38. The lowest BCUT2D eigenvalue weighted by atomic mass is 10.1. The third kappa shape index (κ3) is 2.43. The second kappa shape index (κ2) is 4.95. The van der Waals surface area contributed by atoms with Gasteiger partial charge in [-0.1, -0.05) is 0 Å². The van der Waals surface area contributed by atoms with Crippen molar-refractivity contribution >= 4 is 17.6 Å². The van der Waals surface area contributed by atoms with Gasteiger partial charge in [0, 0.05) is 19.2 Å². The van der Waals surface area contributed by atoms with Gasteiger partial charge in [-0.25, -0.2) is 9.78 Å². The maximum Gasteiger partial charge on any atom is 0.341 e. The first-order valence-electron chi connectivity index (χ1n) is 5.52. The van der Waals surface area contributed by atoms with Crippen LogP contribution in [0.3, 0.4) is 0 Å². The largest absolute Gasteiger partial charge is 0.465 e. The Balaban J connectivity index is 2.30. The molecule has 0 saturated carbocycles. The summed E-state index contributed by atoms with van der Waals surface area (Å²) >= 11 is 0. The first kappa shape index (κ1) is 11.6. The summed E-state index contributed by atoms with van der Waals surface area (Å²) in [7, 11) is 1.33. The minimum absolute atomic E-state index is 0.178. The zero-order valence-electron chi connectivity index (χ0n) is 9.68. The van der Waals surface area contributed by atoms with Crippen LogP contribution >= 0.6 is 0 Å². The lowest BCUT2D eigenvalue weighted by Crippen LogP contribution is -2.37. The van der Waals surface area contributed by atoms with Crippen molar-refractivity contribution in [1.29, 1.82) is 0 Å². The molecule has 1 aliphatic rings. The quantitative estimate of drug-likeness (QED) is 0.715. The first-order valence-corrected chi connectivity index (χ1v) is 5.52. The van der Waals surface area contributed by atoms with Crippen LogP contribution in [0, 0.1) is 0 Å². The molecule has 0 atom stereocenters. The van der Waals surface area contributed by atoms with Crippen LogP contribution in [0.5, 0.6) is 0 Å². The van der Waals surface area contributed by atoms with E-state index in [4.69, 9.17) is 4.74 Å². The van der Waals surface area contributed by atoms with Crippen LogP contribution < -0.4 is 4.90 Å². The average molecular weight is 234 g/mol. The number of hydrogen-bond donors (Lipinski definition) is 0. The van der Waals surface area contributed by atoms with Crippen LogP contribution in [0.4, 0.5) is 5.82 Å². The fourth-order valence-electron chi connectivity index (χ4n) is 1.94. The van der Waals surface area contributed by atoms with E-state index in [0.29, 0.717) is 24.3 Å². The fraction of sp³-hybridized carbons (Fsp3) is 0.417. The third-order valence-electron chi connectivity index (χ3n) is 2.74. The predicted molar refractivity (Wildman–Crippen MR) is 62.0 cm³/mol. The second-order valence-corrected chi connectivity index (χ2v) is 3.93. The number of nitrogens with zero attached hydrogens (tertiary/aromatic N) is 2. The van der Waals surface area contributed by atoms with Crippen molar-refractivity contribution in [2.45, 2.75) is 12.8 Å². The van der Waals surface area contributed by atoms with E-state index >= 15 is 0 Å². The molecule has 17 heavy (non-hydrogen) atoms. The van der Waals surface area contributed by atoms with E-state index in [-0.39, 0.29) is 5.78 Å². The van der Waals surface area contributed by atoms with Crippen molar-refractivity contribution in [3.05, 3.63) is 23.9 Å². The summed E-state index contributed by atoms with van der Waals surface area (Å²) in [6, 6.07) is 3.34. The maximum atomic E-state index is 11.6. The van der Waals surface area contributed by atoms with E-state index in [1.807, 2.05) is 4.90 Å². The number of carbonyl (C=O) groups is 2. The third-order valence-corrected chi connectivity index (χ3v) is 2.74. The molecule has 1 fully saturated rings. The van der Waals surface area contributed by atoms with Gasteiger partial charge in [0.1, 0.15) is 11.4 Å². The fourth-order valence-corrected chi connectivity index (χ4v) is 1.94. The topological polar surface area (TPSA) is 59.5 Å². The molecule has 1 saturated heterocycles. The van der Waals surface area contributed by atoms with Gasteiger partial charge < -0.3 is 9.64 Å². The Morgan fingerprint density at radius 2 is 2.35 bits per heavy atom. The summed E-state index contributed by atoms with van der Waals surface area (Å²) in [6.45, 7) is 1.06. The summed E-state index contributed by atoms with van der Waals surface area (Å²) in [4.78, 5) is 29.0. The summed E-state index contributed by atoms with van der Waals surface area (Å²) in [5.74, 6) is 0.288. The highest BCUT2D eigenvalue weighted by atomic mass is 16.5. The van der Waals surface area contributed by atoms with E-state index < -0.39 is 5.97 Å². The zero-order valence-corrected chi connectivity index (χ0v) is 9.68. The molecule has 1 aliphatic heterocycles. The molecule has 0 N–H and O–H groups in total. The van der Waals surface area contributed by atoms with E-state index in [2.05, 4.69) is 4.98 Å². The molecule has 2 rings (SSSR count). The van der Waals surface area contributed by atoms with Gasteiger partial charge in [0.15, 0.2) is 5.78 Å². The van der Waals surface area contributed by atoms with Crippen molar-refractivity contribution in [3.8, 4) is 0 Å². The lowest BCUT2D eigenvalue weighted by molar-refractivity contribution is -0.118. The van der Waals surface area contributed by atoms with Crippen molar-refractivity contribution in [2.24, 2.45) is 0 Å². The number of piperidine rings is 1. The molecule has 0 unspecified atom stereocenters. The molecule has 0 bridgehead atoms. The molecule has 90 valence electrons. The molecule has 5 heteroatoms. The van der Waals surface area contributed by atoms with Crippen LogP contribution in [0.2, 0.25) is 0 Å². The highest BCUT2D eigenvalue weighted by molar-refractivity contribution is 5.95. The van der Waals surface area contributed by atoms with Gasteiger partial charge in [-0.3, -0.25) is 4.79 Å². The summed E-state index contributed by atoms with van der Waals surface area (Å²) in [6.07, 6.45) is 3.02. The second-order valence-electron chi connectivity index (χ2n) is 3.93. The Labute approximate surface area is 99.4 Å². The molecule has 0 amide bonds. The number of rotatable bonds is 2. The molecule has 0 spiro atoms. The van der Waals surface area contributed by atoms with Crippen LogP contribution in [-0.4, -0.2) is 36.9 Å². The highest BCUT2D eigenvalue weighted by Crippen LogP contribution is 2.20. The molecule has 1 aromatic heterocycles. The normalized spacial score (nSPS) is 15.8. The number of Topliss-reactive ketones (excluding diaryl/α,β-unsaturated/α-hetero) is 1. The Morgan fingerprint density at radius 1 is 1.53 bits per heavy atom. The number of anilines is 1. The van der Waals surface area contributed by atoms with Gasteiger partial charge in [0.2, 0.25) is 0 Å². The van der Waals surface area contributed by atoms with Crippen molar-refractivity contribution in [3.63, 3.8) is 0 Å². The molecule has 2 heterocycles. The highest BCUT2D eigenvalue weighted by Gasteiger charge is 2.22. The Kier molecular flexibility index (Phi) is 3.37. The minimum Gasteiger partial charge on any atom is -0.465 e. The van der Waals surface area contributed by atoms with Gasteiger partial charge in [0.05, 0.1) is 13.7 Å². The van der Waals surface area contributed by atoms with Crippen LogP contribution in [-0.2, 0) is 9.53 Å². The monoisotopic (exact) mass is 234 g/mol. The minimum atomic E-state index is -0.425. The van der Waals surface area contributed by atoms with Gasteiger partial charge in [0.25, 0.3) is 0 Å². The molecule has 5 nitrogen and oxygen atoms in total. The zero-order chi connectivity index (χ0) is 12.3. The number of carbonyl (C=O) groups excluding carboxylic acids is 2. The molecular formula is C12H14N2O3. The van der Waals surface area contributed by atoms with E-state index in [9.17, 15) is 9.59 Å². The Bertz CT molecular complexity index is 445. The molecule has 0 aliphatic carbocycles. The summed E-state index contributed by atoms with van der Waals surface area (Å²) in [5.41, 5.74) is 0.407. The van der Waals surface area contributed by atoms with Gasteiger partial charge in [-0.15, -0.1) is 0 Å². The Morgan fingerprint density at radius 3 is 3.06 bits per heavy atom. The van der Waals surface area contributed by atoms with Crippen LogP contribution in [0.1, 0.15) is 23.2 Å². The SMILES string of the molecule is COC(=O)c1cccnc1N1CCCC(=O)C1. The maximum absolute atomic E-state index is 11.6. The van der Waals surface area contributed by atoms with E-state index in [1.165, 1.54) is 7.11 Å². The van der Waals surface area contributed by atoms with Gasteiger partial charge in [-0.05, 0) is 18.6 Å². The molecule has 0 radical (unpaired) electrons. The van der Waals surface area contributed by atoms with Crippen LogP contribution in [0.15, 0.2) is 18.3 Å². The van der Waals surface area contributed by atoms with Crippen LogP contribution in [0.25, 0.3) is 0 Å². The van der Waals surface area contributed by atoms with Crippen molar-refractivity contribution < 1.29 is 14.3 Å². The number of ketones is 1. The predicted octanol–water partition coefficient (Wildman–Crippen LogP) is 1.04. The smallest absolute Gasteiger partial charge is 0.341 e. The molecular weight excluding hydrogens is 220 g/mol. The number of methoxy groups -OCH3 is 1. The van der Waals surface area contributed by atoms with E-state index in [0.717, 1.165) is 13.0 Å². The standard InChI is InChI=1S/C12H14N2O3/c1-17-12(16)10-5-2-6-13-11(10)14-7-3-4-9(15)8-14/h2,5-6H,3-4,7-8H2,1H3. The number of aromatic nitrogens is 1. The molecule has 1 aromatic rings. The number of esters is 1. The number of ether oxygens (including phenoxy) is 1. The summed E-state index contributed by atoms with van der Waals surface area (Å²) < 4.78 is 4.70. The number of pyridine rings is 1. The lowest BCUT2D eigenvalue weighted by Gasteiger charge is -2.27. The number of hydrogen-bond acceptors (Lipinski definition) is 5. The van der Waals surface area contributed by atoms with Crippen molar-refractivity contribution in [2.75, 3.05) is 25.1 Å². The van der Waals surface area contributed by atoms with Gasteiger partial charge >= 0.3 is 5.97 Å². The first-order chi connectivity index (χ1) is 8.22.